The van der Waals surface area contributed by atoms with Crippen LogP contribution in [0.3, 0.4) is 0 Å². The molecule has 6 heteroatoms. The summed E-state index contributed by atoms with van der Waals surface area (Å²) in [5.41, 5.74) is 4.95. The van der Waals surface area contributed by atoms with Crippen LogP contribution in [0.2, 0.25) is 0 Å². The number of alkyl halides is 3. The molecule has 0 saturated heterocycles. The number of rotatable bonds is 4. The Hall–Kier alpha value is -0.880. The lowest BCUT2D eigenvalue weighted by molar-refractivity contribution is -0.138. The fourth-order valence-corrected chi connectivity index (χ4v) is 2.09. The number of anilines is 1. The molecule has 0 saturated carbocycles. The summed E-state index contributed by atoms with van der Waals surface area (Å²) in [6.45, 7) is 1.70. The molecule has 1 aromatic rings. The molecule has 0 heterocycles. The molecule has 1 aromatic carbocycles. The number of hydrogen-bond donors (Lipinski definition) is 2. The number of benzene rings is 1. The summed E-state index contributed by atoms with van der Waals surface area (Å²) < 4.78 is 38.2. The molecule has 0 amide bonds. The first-order valence-electron chi connectivity index (χ1n) is 5.02. The number of aliphatic hydroxyl groups excluding tert-OH is 1. The summed E-state index contributed by atoms with van der Waals surface area (Å²) in [7, 11) is 0. The second-order valence-corrected chi connectivity index (χ2v) is 5.15. The van der Waals surface area contributed by atoms with Crippen LogP contribution in [0.5, 0.6) is 0 Å². The van der Waals surface area contributed by atoms with E-state index in [2.05, 4.69) is 0 Å². The van der Waals surface area contributed by atoms with Gasteiger partial charge < -0.3 is 10.8 Å². The van der Waals surface area contributed by atoms with E-state index in [9.17, 15) is 13.2 Å². The van der Waals surface area contributed by atoms with Gasteiger partial charge in [-0.1, -0.05) is 13.0 Å². The first-order valence-corrected chi connectivity index (χ1v) is 6.07. The normalized spacial score (nSPS) is 13.7. The molecule has 3 N–H and O–H groups in total. The fraction of sp³-hybridized carbons (Fsp3) is 0.455. The third-order valence-electron chi connectivity index (χ3n) is 2.22. The maximum Gasteiger partial charge on any atom is 0.416 e. The first kappa shape index (κ1) is 14.2. The second-order valence-electron chi connectivity index (χ2n) is 3.72. The molecule has 0 fully saturated rings. The minimum atomic E-state index is -4.40. The number of aliphatic hydroxyl groups is 1. The van der Waals surface area contributed by atoms with Crippen molar-refractivity contribution in [1.29, 1.82) is 0 Å². The first-order chi connectivity index (χ1) is 7.84. The summed E-state index contributed by atoms with van der Waals surface area (Å²) >= 11 is 1.27. The molecule has 1 unspecified atom stereocenters. The quantitative estimate of drug-likeness (QED) is 0.823. The van der Waals surface area contributed by atoms with E-state index in [4.69, 9.17) is 10.8 Å². The standard InChI is InChI=1S/C11H14F3NOS/c1-7(5-16)17-6-8-2-3-9(15)4-10(8)11(12,13)14/h2-4,7,16H,5-6,15H2,1H3. The van der Waals surface area contributed by atoms with Crippen molar-refractivity contribution in [3.05, 3.63) is 29.3 Å². The molecular formula is C11H14F3NOS. The highest BCUT2D eigenvalue weighted by Crippen LogP contribution is 2.35. The summed E-state index contributed by atoms with van der Waals surface area (Å²) in [6, 6.07) is 3.78. The predicted octanol–water partition coefficient (Wildman–Crippen LogP) is 2.90. The Morgan fingerprint density at radius 1 is 1.41 bits per heavy atom. The molecule has 0 aliphatic rings. The molecule has 2 nitrogen and oxygen atoms in total. The van der Waals surface area contributed by atoms with E-state index in [-0.39, 0.29) is 28.9 Å². The minimum absolute atomic E-state index is 0.0546. The molecule has 0 aromatic heterocycles. The average Bonchev–Trinajstić information content (AvgIpc) is 2.25. The van der Waals surface area contributed by atoms with Crippen molar-refractivity contribution < 1.29 is 18.3 Å². The van der Waals surface area contributed by atoms with Gasteiger partial charge in [0.15, 0.2) is 0 Å². The molecule has 0 spiro atoms. The summed E-state index contributed by atoms with van der Waals surface area (Å²) in [6.07, 6.45) is -4.40. The van der Waals surface area contributed by atoms with Gasteiger partial charge in [0.05, 0.1) is 12.2 Å². The van der Waals surface area contributed by atoms with Crippen LogP contribution in [-0.2, 0) is 11.9 Å². The van der Waals surface area contributed by atoms with Gasteiger partial charge in [0.25, 0.3) is 0 Å². The Balaban J connectivity index is 2.91. The molecule has 0 aliphatic heterocycles. The lowest BCUT2D eigenvalue weighted by atomic mass is 10.1. The molecule has 0 radical (unpaired) electrons. The molecular weight excluding hydrogens is 251 g/mol. The molecule has 17 heavy (non-hydrogen) atoms. The van der Waals surface area contributed by atoms with E-state index in [1.165, 1.54) is 23.9 Å². The maximum atomic E-state index is 12.7. The van der Waals surface area contributed by atoms with Crippen LogP contribution < -0.4 is 5.73 Å². The van der Waals surface area contributed by atoms with E-state index in [0.29, 0.717) is 0 Å². The number of thioether (sulfide) groups is 1. The Morgan fingerprint density at radius 3 is 2.59 bits per heavy atom. The summed E-state index contributed by atoms with van der Waals surface area (Å²) in [4.78, 5) is 0. The molecule has 1 rings (SSSR count). The van der Waals surface area contributed by atoms with Gasteiger partial charge in [-0.05, 0) is 17.7 Å². The summed E-state index contributed by atoms with van der Waals surface area (Å²) in [5, 5.41) is 8.73. The number of nitrogen functional groups attached to an aromatic ring is 1. The zero-order valence-corrected chi connectivity index (χ0v) is 10.1. The van der Waals surface area contributed by atoms with Gasteiger partial charge in [-0.25, -0.2) is 0 Å². The molecule has 0 bridgehead atoms. The highest BCUT2D eigenvalue weighted by molar-refractivity contribution is 7.99. The van der Waals surface area contributed by atoms with Crippen LogP contribution in [0.25, 0.3) is 0 Å². The smallest absolute Gasteiger partial charge is 0.399 e. The molecule has 1 atom stereocenters. The van der Waals surface area contributed by atoms with Crippen molar-refractivity contribution in [3.8, 4) is 0 Å². The van der Waals surface area contributed by atoms with Crippen molar-refractivity contribution in [2.75, 3.05) is 12.3 Å². The van der Waals surface area contributed by atoms with Crippen LogP contribution in [-0.4, -0.2) is 17.0 Å². The zero-order chi connectivity index (χ0) is 13.1. The largest absolute Gasteiger partial charge is 0.416 e. The summed E-state index contributed by atoms with van der Waals surface area (Å²) in [5.74, 6) is 0.205. The Kier molecular flexibility index (Phi) is 4.70. The van der Waals surface area contributed by atoms with Gasteiger partial charge in [-0.15, -0.1) is 0 Å². The van der Waals surface area contributed by atoms with E-state index >= 15 is 0 Å². The maximum absolute atomic E-state index is 12.7. The van der Waals surface area contributed by atoms with Crippen molar-refractivity contribution in [3.63, 3.8) is 0 Å². The number of nitrogens with two attached hydrogens (primary N) is 1. The van der Waals surface area contributed by atoms with Gasteiger partial charge in [-0.2, -0.15) is 24.9 Å². The Labute approximate surface area is 102 Å². The van der Waals surface area contributed by atoms with E-state index in [0.717, 1.165) is 6.07 Å². The van der Waals surface area contributed by atoms with Crippen molar-refractivity contribution in [2.45, 2.75) is 24.1 Å². The van der Waals surface area contributed by atoms with Gasteiger partial charge >= 0.3 is 6.18 Å². The van der Waals surface area contributed by atoms with Gasteiger partial charge in [0.2, 0.25) is 0 Å². The van der Waals surface area contributed by atoms with E-state index in [1.54, 1.807) is 6.92 Å². The second kappa shape index (κ2) is 5.64. The Morgan fingerprint density at radius 2 is 2.06 bits per heavy atom. The van der Waals surface area contributed by atoms with Crippen LogP contribution in [0.1, 0.15) is 18.1 Å². The van der Waals surface area contributed by atoms with E-state index < -0.39 is 11.7 Å². The number of hydrogen-bond acceptors (Lipinski definition) is 3. The lowest BCUT2D eigenvalue weighted by Gasteiger charge is -2.14. The number of halogens is 3. The van der Waals surface area contributed by atoms with Gasteiger partial charge in [0.1, 0.15) is 0 Å². The van der Waals surface area contributed by atoms with Crippen LogP contribution in [0, 0.1) is 0 Å². The molecule has 96 valence electrons. The van der Waals surface area contributed by atoms with Crippen LogP contribution in [0.15, 0.2) is 18.2 Å². The highest BCUT2D eigenvalue weighted by atomic mass is 32.2. The van der Waals surface area contributed by atoms with Crippen molar-refractivity contribution in [1.82, 2.24) is 0 Å². The lowest BCUT2D eigenvalue weighted by Crippen LogP contribution is -2.10. The third-order valence-corrected chi connectivity index (χ3v) is 3.42. The zero-order valence-electron chi connectivity index (χ0n) is 9.29. The highest BCUT2D eigenvalue weighted by Gasteiger charge is 2.33. The fourth-order valence-electron chi connectivity index (χ4n) is 1.27. The monoisotopic (exact) mass is 265 g/mol. The van der Waals surface area contributed by atoms with Crippen molar-refractivity contribution in [2.24, 2.45) is 0 Å². The van der Waals surface area contributed by atoms with Gasteiger partial charge in [0, 0.05) is 16.7 Å². The Bertz CT molecular complexity index is 381. The van der Waals surface area contributed by atoms with Gasteiger partial charge in [-0.3, -0.25) is 0 Å². The molecule has 0 aliphatic carbocycles. The SMILES string of the molecule is CC(CO)SCc1ccc(N)cc1C(F)(F)F. The predicted molar refractivity (Wildman–Crippen MR) is 63.7 cm³/mol. The third kappa shape index (κ3) is 4.12. The van der Waals surface area contributed by atoms with Crippen LogP contribution in [0.4, 0.5) is 18.9 Å². The topological polar surface area (TPSA) is 46.2 Å². The van der Waals surface area contributed by atoms with Crippen molar-refractivity contribution >= 4 is 17.4 Å². The van der Waals surface area contributed by atoms with Crippen LogP contribution >= 0.6 is 11.8 Å². The van der Waals surface area contributed by atoms with E-state index in [1.807, 2.05) is 0 Å². The minimum Gasteiger partial charge on any atom is -0.399 e. The average molecular weight is 265 g/mol.